The predicted molar refractivity (Wildman–Crippen MR) is 84.9 cm³/mol. The molecule has 0 spiro atoms. The van der Waals surface area contributed by atoms with Crippen LogP contribution in [-0.4, -0.2) is 26.3 Å². The topological polar surface area (TPSA) is 44.8 Å². The van der Waals surface area contributed by atoms with E-state index in [4.69, 9.17) is 14.2 Å². The van der Waals surface area contributed by atoms with Gasteiger partial charge in [0.25, 0.3) is 0 Å². The summed E-state index contributed by atoms with van der Waals surface area (Å²) >= 11 is 0. The number of hydrogen-bond acceptors (Lipinski definition) is 4. The van der Waals surface area contributed by atoms with Gasteiger partial charge in [0.2, 0.25) is 0 Å². The molecular weight excluding hydrogens is 280 g/mol. The van der Waals surface area contributed by atoms with E-state index in [0.717, 1.165) is 17.1 Å². The number of methoxy groups -OCH3 is 1. The number of ether oxygens (including phenoxy) is 3. The van der Waals surface area contributed by atoms with Crippen LogP contribution in [0.5, 0.6) is 11.5 Å². The van der Waals surface area contributed by atoms with Crippen LogP contribution in [0.25, 0.3) is 6.08 Å². The van der Waals surface area contributed by atoms with E-state index in [9.17, 15) is 4.79 Å². The van der Waals surface area contributed by atoms with Crippen molar-refractivity contribution >= 4 is 12.0 Å². The van der Waals surface area contributed by atoms with Crippen LogP contribution in [0.4, 0.5) is 0 Å². The van der Waals surface area contributed by atoms with Gasteiger partial charge in [0, 0.05) is 6.08 Å². The van der Waals surface area contributed by atoms with Gasteiger partial charge in [-0.25, -0.2) is 4.79 Å². The molecule has 4 nitrogen and oxygen atoms in total. The van der Waals surface area contributed by atoms with Gasteiger partial charge in [0.05, 0.1) is 7.11 Å². The molecule has 0 amide bonds. The Kier molecular flexibility index (Phi) is 6.05. The third kappa shape index (κ3) is 5.32. The first-order chi connectivity index (χ1) is 10.8. The Morgan fingerprint density at radius 1 is 0.955 bits per heavy atom. The molecule has 2 aromatic rings. The third-order valence-electron chi connectivity index (χ3n) is 2.87. The van der Waals surface area contributed by atoms with Crippen molar-refractivity contribution in [2.75, 3.05) is 20.3 Å². The lowest BCUT2D eigenvalue weighted by atomic mass is 10.2. The smallest absolute Gasteiger partial charge is 0.330 e. The SMILES string of the molecule is COc1ccc(/C=C/C(=O)OCCOc2ccccc2)cc1. The molecule has 0 N–H and O–H groups in total. The second kappa shape index (κ2) is 8.52. The second-order valence-corrected chi connectivity index (χ2v) is 4.44. The Balaban J connectivity index is 1.69. The van der Waals surface area contributed by atoms with E-state index in [1.807, 2.05) is 54.6 Å². The maximum absolute atomic E-state index is 11.6. The minimum atomic E-state index is -0.396. The van der Waals surface area contributed by atoms with Crippen molar-refractivity contribution < 1.29 is 19.0 Å². The summed E-state index contributed by atoms with van der Waals surface area (Å²) in [5.41, 5.74) is 0.901. The molecule has 2 rings (SSSR count). The molecule has 0 radical (unpaired) electrons. The quantitative estimate of drug-likeness (QED) is 0.447. The number of benzene rings is 2. The summed E-state index contributed by atoms with van der Waals surface area (Å²) in [6.07, 6.45) is 3.09. The van der Waals surface area contributed by atoms with Crippen molar-refractivity contribution in [2.45, 2.75) is 0 Å². The highest BCUT2D eigenvalue weighted by Gasteiger charge is 1.98. The van der Waals surface area contributed by atoms with E-state index in [2.05, 4.69) is 0 Å². The third-order valence-corrected chi connectivity index (χ3v) is 2.87. The van der Waals surface area contributed by atoms with E-state index in [1.165, 1.54) is 6.08 Å². The number of esters is 1. The van der Waals surface area contributed by atoms with Crippen molar-refractivity contribution in [3.8, 4) is 11.5 Å². The molecule has 0 fully saturated rings. The largest absolute Gasteiger partial charge is 0.497 e. The van der Waals surface area contributed by atoms with Crippen LogP contribution in [0.15, 0.2) is 60.7 Å². The van der Waals surface area contributed by atoms with Crippen LogP contribution in [0.2, 0.25) is 0 Å². The van der Waals surface area contributed by atoms with Crippen LogP contribution in [0, 0.1) is 0 Å². The van der Waals surface area contributed by atoms with Gasteiger partial charge in [0.1, 0.15) is 24.7 Å². The van der Waals surface area contributed by atoms with Crippen LogP contribution in [-0.2, 0) is 9.53 Å². The van der Waals surface area contributed by atoms with Gasteiger partial charge in [-0.05, 0) is 35.9 Å². The molecule has 114 valence electrons. The lowest BCUT2D eigenvalue weighted by Crippen LogP contribution is -2.10. The normalized spacial score (nSPS) is 10.4. The highest BCUT2D eigenvalue weighted by Crippen LogP contribution is 2.12. The van der Waals surface area contributed by atoms with Gasteiger partial charge in [-0.2, -0.15) is 0 Å². The number of carbonyl (C=O) groups is 1. The first-order valence-electron chi connectivity index (χ1n) is 6.94. The molecule has 4 heteroatoms. The Labute approximate surface area is 129 Å². The maximum atomic E-state index is 11.6. The van der Waals surface area contributed by atoms with E-state index < -0.39 is 5.97 Å². The van der Waals surface area contributed by atoms with Crippen molar-refractivity contribution in [3.05, 3.63) is 66.2 Å². The summed E-state index contributed by atoms with van der Waals surface area (Å²) in [6, 6.07) is 16.8. The van der Waals surface area contributed by atoms with Crippen LogP contribution in [0.1, 0.15) is 5.56 Å². The fourth-order valence-corrected chi connectivity index (χ4v) is 1.75. The Hall–Kier alpha value is -2.75. The molecule has 0 bridgehead atoms. The Morgan fingerprint density at radius 3 is 2.36 bits per heavy atom. The summed E-state index contributed by atoms with van der Waals surface area (Å²) < 4.78 is 15.6. The Bertz CT molecular complexity index is 603. The molecular formula is C18H18O4. The van der Waals surface area contributed by atoms with Crippen LogP contribution in [0.3, 0.4) is 0 Å². The van der Waals surface area contributed by atoms with Gasteiger partial charge in [-0.15, -0.1) is 0 Å². The lowest BCUT2D eigenvalue weighted by molar-refractivity contribution is -0.138. The number of carbonyl (C=O) groups excluding carboxylic acids is 1. The zero-order valence-corrected chi connectivity index (χ0v) is 12.4. The Morgan fingerprint density at radius 2 is 1.68 bits per heavy atom. The zero-order chi connectivity index (χ0) is 15.6. The molecule has 22 heavy (non-hydrogen) atoms. The van der Waals surface area contributed by atoms with Gasteiger partial charge in [0.15, 0.2) is 0 Å². The average molecular weight is 298 g/mol. The molecule has 0 aliphatic rings. The van der Waals surface area contributed by atoms with E-state index in [-0.39, 0.29) is 6.61 Å². The lowest BCUT2D eigenvalue weighted by Gasteiger charge is -2.05. The molecule has 0 aromatic heterocycles. The van der Waals surface area contributed by atoms with Gasteiger partial charge in [-0.1, -0.05) is 30.3 Å². The van der Waals surface area contributed by atoms with Crippen molar-refractivity contribution in [1.29, 1.82) is 0 Å². The second-order valence-electron chi connectivity index (χ2n) is 4.44. The summed E-state index contributed by atoms with van der Waals surface area (Å²) in [5, 5.41) is 0. The first-order valence-corrected chi connectivity index (χ1v) is 6.94. The van der Waals surface area contributed by atoms with E-state index in [0.29, 0.717) is 6.61 Å². The number of para-hydroxylation sites is 1. The minimum Gasteiger partial charge on any atom is -0.497 e. The first kappa shape index (κ1) is 15.6. The van der Waals surface area contributed by atoms with Gasteiger partial charge in [-0.3, -0.25) is 0 Å². The summed E-state index contributed by atoms with van der Waals surface area (Å²) in [7, 11) is 1.61. The molecule has 0 aliphatic heterocycles. The summed E-state index contributed by atoms with van der Waals surface area (Å²) in [6.45, 7) is 0.535. The maximum Gasteiger partial charge on any atom is 0.330 e. The summed E-state index contributed by atoms with van der Waals surface area (Å²) in [4.78, 5) is 11.6. The number of rotatable bonds is 7. The average Bonchev–Trinajstić information content (AvgIpc) is 2.58. The van der Waals surface area contributed by atoms with Gasteiger partial charge >= 0.3 is 5.97 Å². The van der Waals surface area contributed by atoms with Crippen molar-refractivity contribution in [3.63, 3.8) is 0 Å². The zero-order valence-electron chi connectivity index (χ0n) is 12.4. The standard InChI is InChI=1S/C18H18O4/c1-20-16-10-7-15(8-11-16)9-12-18(19)22-14-13-21-17-5-3-2-4-6-17/h2-12H,13-14H2,1H3/b12-9+. The molecule has 2 aromatic carbocycles. The molecule has 0 atom stereocenters. The predicted octanol–water partition coefficient (Wildman–Crippen LogP) is 3.33. The van der Waals surface area contributed by atoms with Gasteiger partial charge < -0.3 is 14.2 Å². The molecule has 0 saturated heterocycles. The fraction of sp³-hybridized carbons (Fsp3) is 0.167. The summed E-state index contributed by atoms with van der Waals surface area (Å²) in [5.74, 6) is 1.14. The number of hydrogen-bond donors (Lipinski definition) is 0. The highest BCUT2D eigenvalue weighted by atomic mass is 16.6. The monoisotopic (exact) mass is 298 g/mol. The van der Waals surface area contributed by atoms with Crippen LogP contribution < -0.4 is 9.47 Å². The molecule has 0 aliphatic carbocycles. The molecule has 0 unspecified atom stereocenters. The van der Waals surface area contributed by atoms with Crippen molar-refractivity contribution in [2.24, 2.45) is 0 Å². The molecule has 0 heterocycles. The van der Waals surface area contributed by atoms with Crippen LogP contribution >= 0.6 is 0 Å². The van der Waals surface area contributed by atoms with E-state index >= 15 is 0 Å². The highest BCUT2D eigenvalue weighted by molar-refractivity contribution is 5.87. The van der Waals surface area contributed by atoms with E-state index in [1.54, 1.807) is 13.2 Å². The molecule has 0 saturated carbocycles. The van der Waals surface area contributed by atoms with Crippen molar-refractivity contribution in [1.82, 2.24) is 0 Å². The fourth-order valence-electron chi connectivity index (χ4n) is 1.75. The minimum absolute atomic E-state index is 0.209.